The third kappa shape index (κ3) is 2.18. The monoisotopic (exact) mass is 279 g/mol. The van der Waals surface area contributed by atoms with E-state index < -0.39 is 11.3 Å². The normalized spacial score (nSPS) is 15.7. The molecule has 1 aromatic heterocycles. The van der Waals surface area contributed by atoms with Gasteiger partial charge in [-0.1, -0.05) is 24.3 Å². The zero-order chi connectivity index (χ0) is 14.9. The van der Waals surface area contributed by atoms with Gasteiger partial charge in [-0.15, -0.1) is 0 Å². The Morgan fingerprint density at radius 3 is 2.90 bits per heavy atom. The summed E-state index contributed by atoms with van der Waals surface area (Å²) in [6.07, 6.45) is 5.62. The number of carbonyl (C=O) groups excluding carboxylic acids is 1. The molecule has 2 aromatic rings. The number of nitrogens with one attached hydrogen (secondary N) is 1. The van der Waals surface area contributed by atoms with E-state index in [9.17, 15) is 4.79 Å². The zero-order valence-electron chi connectivity index (χ0n) is 11.8. The lowest BCUT2D eigenvalue weighted by Crippen LogP contribution is -2.40. The van der Waals surface area contributed by atoms with E-state index in [4.69, 9.17) is 5.73 Å². The molecule has 1 atom stereocenters. The van der Waals surface area contributed by atoms with Crippen molar-refractivity contribution in [3.8, 4) is 0 Å². The van der Waals surface area contributed by atoms with Crippen molar-refractivity contribution < 1.29 is 4.79 Å². The molecule has 1 aliphatic rings. The molecular formula is C17H17N3O. The first-order chi connectivity index (χ1) is 10.1. The second kappa shape index (κ2) is 5.05. The van der Waals surface area contributed by atoms with Gasteiger partial charge < -0.3 is 11.1 Å². The number of amides is 1. The third-order valence-electron chi connectivity index (χ3n) is 4.06. The number of nitrogens with zero attached hydrogens (tertiary/aromatic N) is 1. The number of pyridine rings is 1. The zero-order valence-corrected chi connectivity index (χ0v) is 11.8. The van der Waals surface area contributed by atoms with Crippen molar-refractivity contribution in [2.24, 2.45) is 5.73 Å². The molecule has 0 bridgehead atoms. The Bertz CT molecular complexity index is 709. The van der Waals surface area contributed by atoms with Crippen molar-refractivity contribution in [3.05, 3.63) is 71.2 Å². The van der Waals surface area contributed by atoms with Crippen LogP contribution in [0, 0.1) is 0 Å². The largest absolute Gasteiger partial charge is 0.387 e. The molecule has 21 heavy (non-hydrogen) atoms. The quantitative estimate of drug-likeness (QED) is 0.902. The fourth-order valence-electron chi connectivity index (χ4n) is 2.62. The second-order valence-corrected chi connectivity index (χ2v) is 5.33. The van der Waals surface area contributed by atoms with Crippen LogP contribution in [0.1, 0.15) is 29.3 Å². The molecule has 2 heterocycles. The maximum atomic E-state index is 12.1. The van der Waals surface area contributed by atoms with E-state index in [0.29, 0.717) is 5.69 Å². The number of primary amides is 1. The number of hydrogen-bond acceptors (Lipinski definition) is 3. The smallest absolute Gasteiger partial charge is 0.233 e. The van der Waals surface area contributed by atoms with Gasteiger partial charge in [0, 0.05) is 12.7 Å². The number of fused-ring (bicyclic) bond motifs is 1. The fraction of sp³-hybridized carbons (Fsp3) is 0.176. The summed E-state index contributed by atoms with van der Waals surface area (Å²) in [4.78, 5) is 16.5. The van der Waals surface area contributed by atoms with E-state index in [1.165, 1.54) is 0 Å². The average Bonchev–Trinajstić information content (AvgIpc) is 2.54. The van der Waals surface area contributed by atoms with Gasteiger partial charge in [0.2, 0.25) is 5.91 Å². The first-order valence-corrected chi connectivity index (χ1v) is 6.87. The summed E-state index contributed by atoms with van der Waals surface area (Å²) in [7, 11) is 0. The minimum atomic E-state index is -0.933. The van der Waals surface area contributed by atoms with Crippen LogP contribution < -0.4 is 11.1 Å². The standard InChI is InChI=1S/C17H17N3O/c1-17(16(18)21,15-4-2-3-8-20-15)14-6-5-12-7-9-19-11-13(12)10-14/h2-10,19H,11H2,1H3,(H2,18,21). The van der Waals surface area contributed by atoms with Gasteiger partial charge in [0.25, 0.3) is 0 Å². The van der Waals surface area contributed by atoms with E-state index in [1.54, 1.807) is 6.20 Å². The number of hydrogen-bond donors (Lipinski definition) is 2. The van der Waals surface area contributed by atoms with Crippen LogP contribution in [-0.2, 0) is 16.8 Å². The molecule has 1 unspecified atom stereocenters. The summed E-state index contributed by atoms with van der Waals surface area (Å²) < 4.78 is 0. The summed E-state index contributed by atoms with van der Waals surface area (Å²) in [5, 5.41) is 3.18. The van der Waals surface area contributed by atoms with E-state index in [-0.39, 0.29) is 0 Å². The van der Waals surface area contributed by atoms with E-state index >= 15 is 0 Å². The summed E-state index contributed by atoms with van der Waals surface area (Å²) in [5.41, 5.74) is 8.61. The summed E-state index contributed by atoms with van der Waals surface area (Å²) >= 11 is 0. The van der Waals surface area contributed by atoms with E-state index in [2.05, 4.69) is 10.3 Å². The predicted molar refractivity (Wildman–Crippen MR) is 82.2 cm³/mol. The Balaban J connectivity index is 2.15. The highest BCUT2D eigenvalue weighted by Crippen LogP contribution is 2.32. The fourth-order valence-corrected chi connectivity index (χ4v) is 2.62. The van der Waals surface area contributed by atoms with E-state index in [1.807, 2.05) is 55.6 Å². The van der Waals surface area contributed by atoms with Crippen molar-refractivity contribution in [3.63, 3.8) is 0 Å². The lowest BCUT2D eigenvalue weighted by Gasteiger charge is -2.27. The summed E-state index contributed by atoms with van der Waals surface area (Å²) in [6.45, 7) is 2.57. The highest BCUT2D eigenvalue weighted by Gasteiger charge is 2.37. The Morgan fingerprint density at radius 1 is 1.33 bits per heavy atom. The van der Waals surface area contributed by atoms with Gasteiger partial charge in [0.1, 0.15) is 5.41 Å². The molecule has 0 spiro atoms. The summed E-state index contributed by atoms with van der Waals surface area (Å²) in [5.74, 6) is -0.402. The molecule has 0 saturated carbocycles. The minimum Gasteiger partial charge on any atom is -0.387 e. The lowest BCUT2D eigenvalue weighted by atomic mass is 9.77. The van der Waals surface area contributed by atoms with Crippen LogP contribution in [0.15, 0.2) is 48.8 Å². The van der Waals surface area contributed by atoms with Gasteiger partial charge in [-0.05, 0) is 48.0 Å². The molecule has 4 heteroatoms. The number of benzene rings is 1. The Hall–Kier alpha value is -2.62. The van der Waals surface area contributed by atoms with Crippen LogP contribution in [0.25, 0.3) is 6.08 Å². The Kier molecular flexibility index (Phi) is 3.22. The molecule has 3 rings (SSSR count). The van der Waals surface area contributed by atoms with Gasteiger partial charge in [-0.3, -0.25) is 9.78 Å². The molecule has 4 nitrogen and oxygen atoms in total. The van der Waals surface area contributed by atoms with Crippen molar-refractivity contribution >= 4 is 12.0 Å². The first kappa shape index (κ1) is 13.4. The van der Waals surface area contributed by atoms with Crippen LogP contribution in [0.5, 0.6) is 0 Å². The molecule has 3 N–H and O–H groups in total. The van der Waals surface area contributed by atoms with Crippen LogP contribution in [-0.4, -0.2) is 10.9 Å². The maximum absolute atomic E-state index is 12.1. The third-order valence-corrected chi connectivity index (χ3v) is 4.06. The van der Waals surface area contributed by atoms with E-state index in [0.717, 1.165) is 23.2 Å². The van der Waals surface area contributed by atoms with Crippen LogP contribution >= 0.6 is 0 Å². The average molecular weight is 279 g/mol. The molecular weight excluding hydrogens is 262 g/mol. The van der Waals surface area contributed by atoms with Crippen molar-refractivity contribution in [1.29, 1.82) is 0 Å². The lowest BCUT2D eigenvalue weighted by molar-refractivity contribution is -0.121. The highest BCUT2D eigenvalue weighted by atomic mass is 16.1. The molecule has 106 valence electrons. The van der Waals surface area contributed by atoms with Gasteiger partial charge in [0.15, 0.2) is 0 Å². The number of rotatable bonds is 3. The number of nitrogens with two attached hydrogens (primary N) is 1. The maximum Gasteiger partial charge on any atom is 0.233 e. The van der Waals surface area contributed by atoms with Crippen molar-refractivity contribution in [2.45, 2.75) is 18.9 Å². The van der Waals surface area contributed by atoms with Crippen molar-refractivity contribution in [2.75, 3.05) is 0 Å². The van der Waals surface area contributed by atoms with Crippen molar-refractivity contribution in [1.82, 2.24) is 10.3 Å². The number of aromatic nitrogens is 1. The molecule has 1 aliphatic heterocycles. The highest BCUT2D eigenvalue weighted by molar-refractivity contribution is 5.90. The topological polar surface area (TPSA) is 68.0 Å². The van der Waals surface area contributed by atoms with Gasteiger partial charge >= 0.3 is 0 Å². The molecule has 0 fully saturated rings. The molecule has 0 saturated heterocycles. The SMILES string of the molecule is CC(C(N)=O)(c1ccc2c(c1)CNC=C2)c1ccccn1. The molecule has 0 radical (unpaired) electrons. The molecule has 1 amide bonds. The Morgan fingerprint density at radius 2 is 2.19 bits per heavy atom. The van der Waals surface area contributed by atoms with Gasteiger partial charge in [-0.2, -0.15) is 0 Å². The van der Waals surface area contributed by atoms with Gasteiger partial charge in [-0.25, -0.2) is 0 Å². The summed E-state index contributed by atoms with van der Waals surface area (Å²) in [6, 6.07) is 11.5. The van der Waals surface area contributed by atoms with Crippen LogP contribution in [0.3, 0.4) is 0 Å². The molecule has 0 aliphatic carbocycles. The van der Waals surface area contributed by atoms with Crippen LogP contribution in [0.2, 0.25) is 0 Å². The second-order valence-electron chi connectivity index (χ2n) is 5.33. The predicted octanol–water partition coefficient (Wildman–Crippen LogP) is 1.95. The molecule has 1 aromatic carbocycles. The minimum absolute atomic E-state index is 0.402. The number of carbonyl (C=O) groups is 1. The Labute approximate surface area is 123 Å². The van der Waals surface area contributed by atoms with Crippen LogP contribution in [0.4, 0.5) is 0 Å². The first-order valence-electron chi connectivity index (χ1n) is 6.87. The van der Waals surface area contributed by atoms with Gasteiger partial charge in [0.05, 0.1) is 5.69 Å².